The molecule has 0 bridgehead atoms. The molecule has 112 valence electrons. The van der Waals surface area contributed by atoms with Gasteiger partial charge in [0.2, 0.25) is 0 Å². The molecule has 1 nitrogen and oxygen atoms in total. The van der Waals surface area contributed by atoms with Crippen molar-refractivity contribution in [3.8, 4) is 0 Å². The van der Waals surface area contributed by atoms with Crippen LogP contribution in [-0.2, 0) is 0 Å². The van der Waals surface area contributed by atoms with Crippen molar-refractivity contribution in [1.29, 1.82) is 0 Å². The Morgan fingerprint density at radius 3 is 2.62 bits per heavy atom. The van der Waals surface area contributed by atoms with Gasteiger partial charge in [-0.15, -0.1) is 0 Å². The Labute approximate surface area is 129 Å². The first kappa shape index (κ1) is 14.6. The lowest BCUT2D eigenvalue weighted by Crippen LogP contribution is -2.46. The molecule has 0 aromatic rings. The van der Waals surface area contributed by atoms with Gasteiger partial charge < -0.3 is 5.73 Å². The summed E-state index contributed by atoms with van der Waals surface area (Å²) >= 11 is 0. The van der Waals surface area contributed by atoms with Crippen molar-refractivity contribution < 1.29 is 0 Å². The van der Waals surface area contributed by atoms with E-state index in [1.807, 2.05) is 0 Å². The van der Waals surface area contributed by atoms with Crippen molar-refractivity contribution in [1.82, 2.24) is 0 Å². The monoisotopic (exact) mass is 281 g/mol. The molecule has 0 radical (unpaired) electrons. The molecule has 3 rings (SSSR count). The maximum atomic E-state index is 6.53. The molecule has 0 aromatic heterocycles. The lowest BCUT2D eigenvalue weighted by atomic mass is 9.65. The van der Waals surface area contributed by atoms with Crippen LogP contribution in [0.1, 0.15) is 39.5 Å². The molecule has 4 unspecified atom stereocenters. The average Bonchev–Trinajstić information content (AvgIpc) is 2.48. The lowest BCUT2D eigenvalue weighted by Gasteiger charge is -2.42. The second kappa shape index (κ2) is 5.46. The average molecular weight is 281 g/mol. The Hall–Kier alpha value is -1.34. The van der Waals surface area contributed by atoms with Crippen molar-refractivity contribution >= 4 is 0 Å². The van der Waals surface area contributed by atoms with Crippen molar-refractivity contribution in [2.24, 2.45) is 23.0 Å². The highest BCUT2D eigenvalue weighted by Crippen LogP contribution is 2.45. The molecule has 2 N–H and O–H groups in total. The van der Waals surface area contributed by atoms with Gasteiger partial charge in [-0.1, -0.05) is 67.2 Å². The fourth-order valence-corrected chi connectivity index (χ4v) is 4.11. The van der Waals surface area contributed by atoms with Crippen molar-refractivity contribution in [3.05, 3.63) is 60.3 Å². The molecule has 1 heteroatoms. The number of nitrogens with two attached hydrogens (primary N) is 1. The van der Waals surface area contributed by atoms with Gasteiger partial charge in [-0.3, -0.25) is 0 Å². The quantitative estimate of drug-likeness (QED) is 0.730. The molecule has 0 saturated heterocycles. The molecule has 0 aromatic carbocycles. The van der Waals surface area contributed by atoms with Crippen LogP contribution in [-0.4, -0.2) is 5.54 Å². The summed E-state index contributed by atoms with van der Waals surface area (Å²) in [5.74, 6) is 1.12. The van der Waals surface area contributed by atoms with E-state index in [0.29, 0.717) is 11.8 Å². The fourth-order valence-electron chi connectivity index (χ4n) is 4.11. The van der Waals surface area contributed by atoms with Crippen LogP contribution in [0.3, 0.4) is 0 Å². The number of hydrogen-bond acceptors (Lipinski definition) is 1. The largest absolute Gasteiger partial charge is 0.322 e. The van der Waals surface area contributed by atoms with E-state index in [1.54, 1.807) is 5.57 Å². The van der Waals surface area contributed by atoms with Crippen LogP contribution < -0.4 is 5.73 Å². The Kier molecular flexibility index (Phi) is 3.79. The highest BCUT2D eigenvalue weighted by atomic mass is 14.7. The zero-order chi connectivity index (χ0) is 14.9. The Morgan fingerprint density at radius 1 is 1.10 bits per heavy atom. The Bertz CT molecular complexity index is 544. The van der Waals surface area contributed by atoms with Crippen LogP contribution in [0.25, 0.3) is 0 Å². The molecule has 3 aliphatic rings. The summed E-state index contributed by atoms with van der Waals surface area (Å²) in [6.45, 7) is 4.54. The lowest BCUT2D eigenvalue weighted by molar-refractivity contribution is 0.257. The van der Waals surface area contributed by atoms with Gasteiger partial charge in [-0.25, -0.2) is 0 Å². The van der Waals surface area contributed by atoms with Crippen molar-refractivity contribution in [2.75, 3.05) is 0 Å². The summed E-state index contributed by atoms with van der Waals surface area (Å²) in [5, 5.41) is 0. The van der Waals surface area contributed by atoms with Crippen LogP contribution in [0, 0.1) is 17.3 Å². The third kappa shape index (κ3) is 2.85. The first-order chi connectivity index (χ1) is 10.0. The normalized spacial score (nSPS) is 42.1. The molecular weight excluding hydrogens is 254 g/mol. The van der Waals surface area contributed by atoms with Gasteiger partial charge in [-0.2, -0.15) is 0 Å². The third-order valence-electron chi connectivity index (χ3n) is 5.51. The SMILES string of the molecule is CC1(C2=CCCC(C3C=CC=CC3(C)N)C2)C=CC=CC1. The van der Waals surface area contributed by atoms with Crippen LogP contribution in [0.2, 0.25) is 0 Å². The van der Waals surface area contributed by atoms with Crippen LogP contribution >= 0.6 is 0 Å². The zero-order valence-electron chi connectivity index (χ0n) is 13.3. The van der Waals surface area contributed by atoms with E-state index < -0.39 is 0 Å². The van der Waals surface area contributed by atoms with Crippen molar-refractivity contribution in [2.45, 2.75) is 45.1 Å². The predicted molar refractivity (Wildman–Crippen MR) is 90.8 cm³/mol. The van der Waals surface area contributed by atoms with Gasteiger partial charge in [-0.05, 0) is 38.5 Å². The minimum Gasteiger partial charge on any atom is -0.322 e. The van der Waals surface area contributed by atoms with Gasteiger partial charge in [0, 0.05) is 16.9 Å². The molecule has 21 heavy (non-hydrogen) atoms. The first-order valence-electron chi connectivity index (χ1n) is 8.20. The summed E-state index contributed by atoms with van der Waals surface area (Å²) in [4.78, 5) is 0. The third-order valence-corrected chi connectivity index (χ3v) is 5.51. The molecular formula is C20H27N. The molecule has 4 atom stereocenters. The number of allylic oxidation sites excluding steroid dienone is 8. The minimum absolute atomic E-state index is 0.203. The summed E-state index contributed by atoms with van der Waals surface area (Å²) in [5.41, 5.74) is 8.15. The van der Waals surface area contributed by atoms with Crippen LogP contribution in [0.15, 0.2) is 60.3 Å². The highest BCUT2D eigenvalue weighted by molar-refractivity contribution is 5.31. The van der Waals surface area contributed by atoms with Gasteiger partial charge in [0.1, 0.15) is 0 Å². The molecule has 0 aliphatic heterocycles. The van der Waals surface area contributed by atoms with Gasteiger partial charge >= 0.3 is 0 Å². The first-order valence-corrected chi connectivity index (χ1v) is 8.20. The topological polar surface area (TPSA) is 26.0 Å². The maximum absolute atomic E-state index is 6.53. The molecule has 0 spiro atoms. The summed E-state index contributed by atoms with van der Waals surface area (Å²) in [7, 11) is 0. The molecule has 0 saturated carbocycles. The Balaban J connectivity index is 1.78. The van der Waals surface area contributed by atoms with Gasteiger partial charge in [0.15, 0.2) is 0 Å². The summed E-state index contributed by atoms with van der Waals surface area (Å²) < 4.78 is 0. The highest BCUT2D eigenvalue weighted by Gasteiger charge is 2.37. The van der Waals surface area contributed by atoms with E-state index in [1.165, 1.54) is 19.3 Å². The zero-order valence-corrected chi connectivity index (χ0v) is 13.3. The molecule has 0 amide bonds. The van der Waals surface area contributed by atoms with Crippen LogP contribution in [0.5, 0.6) is 0 Å². The fraction of sp³-hybridized carbons (Fsp3) is 0.500. The molecule has 0 heterocycles. The van der Waals surface area contributed by atoms with E-state index >= 15 is 0 Å². The number of hydrogen-bond donors (Lipinski definition) is 1. The maximum Gasteiger partial charge on any atom is 0.0379 e. The smallest absolute Gasteiger partial charge is 0.0379 e. The van der Waals surface area contributed by atoms with Crippen molar-refractivity contribution in [3.63, 3.8) is 0 Å². The number of rotatable bonds is 2. The van der Waals surface area contributed by atoms with E-state index in [0.717, 1.165) is 6.42 Å². The van der Waals surface area contributed by atoms with Gasteiger partial charge in [0.25, 0.3) is 0 Å². The summed E-state index contributed by atoms with van der Waals surface area (Å²) in [6, 6.07) is 0. The standard InChI is InChI=1S/C20H27N/c1-19(12-5-3-6-13-19)17-10-8-9-16(15-17)18-11-4-7-14-20(18,2)21/h3-7,10-12,14,16,18H,8-9,13,15,21H2,1-2H3. The van der Waals surface area contributed by atoms with E-state index in [4.69, 9.17) is 5.73 Å². The Morgan fingerprint density at radius 2 is 1.90 bits per heavy atom. The molecule has 3 aliphatic carbocycles. The summed E-state index contributed by atoms with van der Waals surface area (Å²) in [6.07, 6.45) is 25.0. The van der Waals surface area contributed by atoms with E-state index in [-0.39, 0.29) is 11.0 Å². The minimum atomic E-state index is -0.203. The second-order valence-electron chi connectivity index (χ2n) is 7.32. The van der Waals surface area contributed by atoms with Crippen LogP contribution in [0.4, 0.5) is 0 Å². The second-order valence-corrected chi connectivity index (χ2v) is 7.32. The predicted octanol–water partition coefficient (Wildman–Crippen LogP) is 4.69. The van der Waals surface area contributed by atoms with E-state index in [9.17, 15) is 0 Å². The van der Waals surface area contributed by atoms with E-state index in [2.05, 4.69) is 68.5 Å². The van der Waals surface area contributed by atoms with Gasteiger partial charge in [0.05, 0.1) is 0 Å². The molecule has 0 fully saturated rings.